The number of hydrogen-bond acceptors (Lipinski definition) is 4. The smallest absolute Gasteiger partial charge is 0.267 e. The predicted molar refractivity (Wildman–Crippen MR) is 116 cm³/mol. The summed E-state index contributed by atoms with van der Waals surface area (Å²) >= 11 is 3.40. The summed E-state index contributed by atoms with van der Waals surface area (Å²) < 4.78 is 6.22. The summed E-state index contributed by atoms with van der Waals surface area (Å²) in [6.45, 7) is 2.10. The first kappa shape index (κ1) is 19.8. The SMILES string of the molecule is Cc1onc(-c2ccc(Br)cc2)c1C(=O)c1c[nH]c(C(=O)NCc2ccccc2)c1. The highest BCUT2D eigenvalue weighted by molar-refractivity contribution is 9.10. The second-order valence-electron chi connectivity index (χ2n) is 6.77. The van der Waals surface area contributed by atoms with E-state index in [9.17, 15) is 9.59 Å². The summed E-state index contributed by atoms with van der Waals surface area (Å²) in [5, 5.41) is 6.91. The van der Waals surface area contributed by atoms with Crippen LogP contribution in [0.2, 0.25) is 0 Å². The summed E-state index contributed by atoms with van der Waals surface area (Å²) in [7, 11) is 0. The molecule has 2 heterocycles. The lowest BCUT2D eigenvalue weighted by Crippen LogP contribution is -2.23. The van der Waals surface area contributed by atoms with Crippen LogP contribution in [-0.2, 0) is 6.54 Å². The molecule has 150 valence electrons. The number of aryl methyl sites for hydroxylation is 1. The Kier molecular flexibility index (Phi) is 5.63. The van der Waals surface area contributed by atoms with E-state index in [4.69, 9.17) is 4.52 Å². The summed E-state index contributed by atoms with van der Waals surface area (Å²) in [4.78, 5) is 28.5. The van der Waals surface area contributed by atoms with Gasteiger partial charge in [0, 0.05) is 28.3 Å². The van der Waals surface area contributed by atoms with Crippen molar-refractivity contribution in [1.29, 1.82) is 0 Å². The van der Waals surface area contributed by atoms with E-state index in [1.165, 1.54) is 6.20 Å². The number of carbonyl (C=O) groups is 2. The Morgan fingerprint density at radius 2 is 1.83 bits per heavy atom. The molecule has 2 aromatic carbocycles. The fourth-order valence-electron chi connectivity index (χ4n) is 3.12. The number of aromatic amines is 1. The molecule has 0 spiro atoms. The first-order chi connectivity index (χ1) is 14.5. The van der Waals surface area contributed by atoms with Gasteiger partial charge in [0.2, 0.25) is 0 Å². The quantitative estimate of drug-likeness (QED) is 0.398. The highest BCUT2D eigenvalue weighted by Crippen LogP contribution is 2.28. The van der Waals surface area contributed by atoms with Crippen LogP contribution < -0.4 is 5.32 Å². The van der Waals surface area contributed by atoms with E-state index in [0.717, 1.165) is 15.6 Å². The molecular formula is C23H18BrN3O3. The largest absolute Gasteiger partial charge is 0.360 e. The van der Waals surface area contributed by atoms with Gasteiger partial charge < -0.3 is 14.8 Å². The first-order valence-electron chi connectivity index (χ1n) is 9.30. The van der Waals surface area contributed by atoms with Crippen molar-refractivity contribution < 1.29 is 14.1 Å². The van der Waals surface area contributed by atoms with Gasteiger partial charge in [0.05, 0.1) is 5.56 Å². The number of benzene rings is 2. The molecule has 30 heavy (non-hydrogen) atoms. The minimum Gasteiger partial charge on any atom is -0.360 e. The molecule has 0 atom stereocenters. The number of hydrogen-bond donors (Lipinski definition) is 2. The van der Waals surface area contributed by atoms with Gasteiger partial charge in [0.25, 0.3) is 5.91 Å². The lowest BCUT2D eigenvalue weighted by Gasteiger charge is -2.03. The molecular weight excluding hydrogens is 446 g/mol. The highest BCUT2D eigenvalue weighted by atomic mass is 79.9. The van der Waals surface area contributed by atoms with Gasteiger partial charge in [-0.25, -0.2) is 0 Å². The van der Waals surface area contributed by atoms with Crippen LogP contribution in [0.1, 0.15) is 37.7 Å². The van der Waals surface area contributed by atoms with Gasteiger partial charge in [0.15, 0.2) is 5.78 Å². The maximum absolute atomic E-state index is 13.1. The Labute approximate surface area is 181 Å². The standard InChI is InChI=1S/C23H18BrN3O3/c1-14-20(21(27-30-14)16-7-9-18(24)10-8-16)22(28)17-11-19(25-13-17)23(29)26-12-15-5-3-2-4-6-15/h2-11,13,25H,12H2,1H3,(H,26,29). The Bertz CT molecular complexity index is 1190. The van der Waals surface area contributed by atoms with Crippen molar-refractivity contribution in [2.75, 3.05) is 0 Å². The highest BCUT2D eigenvalue weighted by Gasteiger charge is 2.24. The third-order valence-corrected chi connectivity index (χ3v) is 5.22. The first-order valence-corrected chi connectivity index (χ1v) is 10.1. The molecule has 7 heteroatoms. The Balaban J connectivity index is 1.54. The molecule has 0 saturated heterocycles. The van der Waals surface area contributed by atoms with Crippen LogP contribution in [0.3, 0.4) is 0 Å². The summed E-state index contributed by atoms with van der Waals surface area (Å²) in [6.07, 6.45) is 1.53. The molecule has 4 rings (SSSR count). The van der Waals surface area contributed by atoms with Gasteiger partial charge in [0.1, 0.15) is 17.1 Å². The second-order valence-corrected chi connectivity index (χ2v) is 7.68. The van der Waals surface area contributed by atoms with Gasteiger partial charge in [-0.2, -0.15) is 0 Å². The zero-order valence-electron chi connectivity index (χ0n) is 16.1. The Morgan fingerprint density at radius 3 is 2.57 bits per heavy atom. The predicted octanol–water partition coefficient (Wildman–Crippen LogP) is 4.90. The van der Waals surface area contributed by atoms with Crippen LogP contribution >= 0.6 is 15.9 Å². The van der Waals surface area contributed by atoms with Crippen molar-refractivity contribution >= 4 is 27.6 Å². The topological polar surface area (TPSA) is 88.0 Å². The molecule has 0 aliphatic carbocycles. The molecule has 0 aliphatic rings. The molecule has 2 aromatic heterocycles. The van der Waals surface area contributed by atoms with E-state index < -0.39 is 0 Å². The van der Waals surface area contributed by atoms with Crippen molar-refractivity contribution in [3.8, 4) is 11.3 Å². The van der Waals surface area contributed by atoms with Crippen molar-refractivity contribution in [3.63, 3.8) is 0 Å². The summed E-state index contributed by atoms with van der Waals surface area (Å²) in [6, 6.07) is 18.6. The maximum atomic E-state index is 13.1. The summed E-state index contributed by atoms with van der Waals surface area (Å²) in [5.41, 5.74) is 3.30. The number of ketones is 1. The van der Waals surface area contributed by atoms with E-state index in [-0.39, 0.29) is 11.7 Å². The fraction of sp³-hybridized carbons (Fsp3) is 0.0870. The molecule has 4 aromatic rings. The monoisotopic (exact) mass is 463 g/mol. The van der Waals surface area contributed by atoms with Crippen LogP contribution in [0, 0.1) is 6.92 Å². The number of carbonyl (C=O) groups excluding carboxylic acids is 2. The van der Waals surface area contributed by atoms with Crippen LogP contribution in [0.15, 0.2) is 75.9 Å². The number of nitrogens with one attached hydrogen (secondary N) is 2. The molecule has 0 fully saturated rings. The Morgan fingerprint density at radius 1 is 1.10 bits per heavy atom. The van der Waals surface area contributed by atoms with Gasteiger partial charge in [-0.15, -0.1) is 0 Å². The van der Waals surface area contributed by atoms with E-state index in [1.807, 2.05) is 54.6 Å². The number of amides is 1. The van der Waals surface area contributed by atoms with E-state index in [1.54, 1.807) is 13.0 Å². The van der Waals surface area contributed by atoms with Crippen LogP contribution in [-0.4, -0.2) is 21.8 Å². The molecule has 0 radical (unpaired) electrons. The molecule has 0 unspecified atom stereocenters. The van der Waals surface area contributed by atoms with Crippen molar-refractivity contribution in [1.82, 2.24) is 15.5 Å². The zero-order chi connectivity index (χ0) is 21.1. The lowest BCUT2D eigenvalue weighted by atomic mass is 9.99. The minimum absolute atomic E-state index is 0.259. The van der Waals surface area contributed by atoms with Crippen LogP contribution in [0.5, 0.6) is 0 Å². The Hall–Kier alpha value is -3.45. The number of rotatable bonds is 6. The van der Waals surface area contributed by atoms with Gasteiger partial charge in [-0.05, 0) is 30.7 Å². The number of H-pyrrole nitrogens is 1. The zero-order valence-corrected chi connectivity index (χ0v) is 17.7. The normalized spacial score (nSPS) is 10.7. The van der Waals surface area contributed by atoms with E-state index >= 15 is 0 Å². The lowest BCUT2D eigenvalue weighted by molar-refractivity contribution is 0.0946. The molecule has 2 N–H and O–H groups in total. The second kappa shape index (κ2) is 8.51. The van der Waals surface area contributed by atoms with Gasteiger partial charge in [-0.3, -0.25) is 9.59 Å². The molecule has 0 saturated carbocycles. The third-order valence-electron chi connectivity index (χ3n) is 4.69. The molecule has 6 nitrogen and oxygen atoms in total. The third kappa shape index (κ3) is 4.11. The number of aromatic nitrogens is 2. The molecule has 1 amide bonds. The molecule has 0 aliphatic heterocycles. The van der Waals surface area contributed by atoms with Crippen molar-refractivity contribution in [3.05, 3.63) is 99.5 Å². The average molecular weight is 464 g/mol. The van der Waals surface area contributed by atoms with Gasteiger partial charge >= 0.3 is 0 Å². The average Bonchev–Trinajstić information content (AvgIpc) is 3.40. The number of nitrogens with zero attached hydrogens (tertiary/aromatic N) is 1. The fourth-order valence-corrected chi connectivity index (χ4v) is 3.38. The molecule has 0 bridgehead atoms. The maximum Gasteiger partial charge on any atom is 0.267 e. The van der Waals surface area contributed by atoms with Crippen molar-refractivity contribution in [2.24, 2.45) is 0 Å². The van der Waals surface area contributed by atoms with Crippen LogP contribution in [0.25, 0.3) is 11.3 Å². The van der Waals surface area contributed by atoms with Crippen LogP contribution in [0.4, 0.5) is 0 Å². The van der Waals surface area contributed by atoms with E-state index in [0.29, 0.717) is 34.8 Å². The van der Waals surface area contributed by atoms with Gasteiger partial charge in [-0.1, -0.05) is 63.6 Å². The minimum atomic E-state index is -0.284. The van der Waals surface area contributed by atoms with Crippen molar-refractivity contribution in [2.45, 2.75) is 13.5 Å². The van der Waals surface area contributed by atoms with E-state index in [2.05, 4.69) is 31.4 Å². The summed E-state index contributed by atoms with van der Waals surface area (Å²) in [5.74, 6) is -0.118. The number of halogens is 1.